The lowest BCUT2D eigenvalue weighted by molar-refractivity contribution is -0.384. The predicted molar refractivity (Wildman–Crippen MR) is 87.7 cm³/mol. The summed E-state index contributed by atoms with van der Waals surface area (Å²) in [5.41, 5.74) is 1.54. The third kappa shape index (κ3) is 4.81. The molecule has 2 rings (SSSR count). The largest absolute Gasteiger partial charge is 0.494 e. The number of carbonyl (C=O) groups excluding carboxylic acids is 1. The lowest BCUT2D eigenvalue weighted by Crippen LogP contribution is -2.12. The highest BCUT2D eigenvalue weighted by Crippen LogP contribution is 2.29. The number of methoxy groups -OCH3 is 1. The van der Waals surface area contributed by atoms with Crippen LogP contribution in [0.4, 0.5) is 11.4 Å². The smallest absolute Gasteiger partial charge is 0.273 e. The topological polar surface area (TPSA) is 81.5 Å². The first-order valence-electron chi connectivity index (χ1n) is 7.26. The third-order valence-electron chi connectivity index (χ3n) is 3.38. The van der Waals surface area contributed by atoms with Crippen molar-refractivity contribution in [1.29, 1.82) is 0 Å². The molecule has 23 heavy (non-hydrogen) atoms. The number of hydrogen-bond donors (Lipinski definition) is 1. The molecule has 0 aliphatic rings. The third-order valence-corrected chi connectivity index (χ3v) is 3.38. The Morgan fingerprint density at radius 2 is 1.96 bits per heavy atom. The monoisotopic (exact) mass is 314 g/mol. The first kappa shape index (κ1) is 16.5. The minimum absolute atomic E-state index is 0.0797. The van der Waals surface area contributed by atoms with Gasteiger partial charge in [-0.25, -0.2) is 0 Å². The molecule has 0 atom stereocenters. The molecule has 2 aromatic carbocycles. The van der Waals surface area contributed by atoms with E-state index in [2.05, 4.69) is 5.32 Å². The van der Waals surface area contributed by atoms with Crippen molar-refractivity contribution in [3.05, 3.63) is 64.2 Å². The molecule has 0 aliphatic heterocycles. The predicted octanol–water partition coefficient (Wildman–Crippen LogP) is 3.56. The number of amides is 1. The molecule has 0 saturated heterocycles. The number of hydrogen-bond acceptors (Lipinski definition) is 4. The van der Waals surface area contributed by atoms with Gasteiger partial charge >= 0.3 is 0 Å². The van der Waals surface area contributed by atoms with Crippen LogP contribution in [0, 0.1) is 10.1 Å². The van der Waals surface area contributed by atoms with Crippen LogP contribution in [0.2, 0.25) is 0 Å². The van der Waals surface area contributed by atoms with E-state index in [1.54, 1.807) is 0 Å². The summed E-state index contributed by atoms with van der Waals surface area (Å²) in [5, 5.41) is 13.5. The molecule has 2 aromatic rings. The summed E-state index contributed by atoms with van der Waals surface area (Å²) in [5.74, 6) is 0.128. The number of non-ortho nitro benzene ring substituents is 1. The van der Waals surface area contributed by atoms with Gasteiger partial charge in [-0.05, 0) is 24.5 Å². The van der Waals surface area contributed by atoms with Crippen molar-refractivity contribution >= 4 is 17.3 Å². The number of nitrogens with zero attached hydrogens (tertiary/aromatic N) is 1. The molecular formula is C17H18N2O4. The van der Waals surface area contributed by atoms with Crippen LogP contribution < -0.4 is 10.1 Å². The summed E-state index contributed by atoms with van der Waals surface area (Å²) < 4.78 is 5.09. The highest BCUT2D eigenvalue weighted by atomic mass is 16.6. The number of nitro groups is 1. The molecule has 1 amide bonds. The van der Waals surface area contributed by atoms with Crippen LogP contribution in [0.1, 0.15) is 18.4 Å². The zero-order chi connectivity index (χ0) is 16.7. The second-order valence-corrected chi connectivity index (χ2v) is 5.03. The zero-order valence-corrected chi connectivity index (χ0v) is 12.8. The summed E-state index contributed by atoms with van der Waals surface area (Å²) in [4.78, 5) is 22.2. The number of nitro benzene ring substituents is 1. The van der Waals surface area contributed by atoms with Crippen molar-refractivity contribution in [2.45, 2.75) is 19.3 Å². The standard InChI is InChI=1S/C17H18N2O4/c1-23-16-12-14(19(21)22)10-11-15(16)18-17(20)9-5-8-13-6-3-2-4-7-13/h2-4,6-7,10-12H,5,8-9H2,1H3,(H,18,20). The molecule has 1 N–H and O–H groups in total. The van der Waals surface area contributed by atoms with Crippen molar-refractivity contribution in [3.8, 4) is 5.75 Å². The first-order valence-corrected chi connectivity index (χ1v) is 7.26. The summed E-state index contributed by atoms with van der Waals surface area (Å²) in [7, 11) is 1.41. The molecule has 0 spiro atoms. The Bertz CT molecular complexity index is 686. The van der Waals surface area contributed by atoms with E-state index in [0.29, 0.717) is 12.1 Å². The van der Waals surface area contributed by atoms with Gasteiger partial charge in [0.2, 0.25) is 5.91 Å². The molecular weight excluding hydrogens is 296 g/mol. The molecule has 0 fully saturated rings. The van der Waals surface area contributed by atoms with E-state index in [4.69, 9.17) is 4.74 Å². The average Bonchev–Trinajstić information content (AvgIpc) is 2.56. The summed E-state index contributed by atoms with van der Waals surface area (Å²) in [6.07, 6.45) is 1.92. The van der Waals surface area contributed by atoms with Gasteiger partial charge in [0.15, 0.2) is 0 Å². The van der Waals surface area contributed by atoms with Crippen LogP contribution >= 0.6 is 0 Å². The lowest BCUT2D eigenvalue weighted by Gasteiger charge is -2.10. The molecule has 0 aliphatic carbocycles. The van der Waals surface area contributed by atoms with Crippen LogP contribution in [0.25, 0.3) is 0 Å². The summed E-state index contributed by atoms with van der Waals surface area (Å²) >= 11 is 0. The van der Waals surface area contributed by atoms with Crippen LogP contribution in [0.15, 0.2) is 48.5 Å². The van der Waals surface area contributed by atoms with Crippen molar-refractivity contribution in [2.75, 3.05) is 12.4 Å². The van der Waals surface area contributed by atoms with Gasteiger partial charge in [-0.15, -0.1) is 0 Å². The normalized spacial score (nSPS) is 10.1. The molecule has 0 saturated carbocycles. The summed E-state index contributed by atoms with van der Waals surface area (Å²) in [6, 6.07) is 14.0. The van der Waals surface area contributed by atoms with Crippen LogP contribution in [0.3, 0.4) is 0 Å². The van der Waals surface area contributed by atoms with Crippen LogP contribution in [-0.4, -0.2) is 17.9 Å². The van der Waals surface area contributed by atoms with Crippen molar-refractivity contribution < 1.29 is 14.5 Å². The Hall–Kier alpha value is -2.89. The number of rotatable bonds is 7. The van der Waals surface area contributed by atoms with Gasteiger partial charge in [-0.1, -0.05) is 30.3 Å². The SMILES string of the molecule is COc1cc([N+](=O)[O-])ccc1NC(=O)CCCc1ccccc1. The molecule has 0 unspecified atom stereocenters. The van der Waals surface area contributed by atoms with Crippen LogP contribution in [-0.2, 0) is 11.2 Å². The zero-order valence-electron chi connectivity index (χ0n) is 12.8. The Morgan fingerprint density at radius 3 is 2.61 bits per heavy atom. The number of nitrogens with one attached hydrogen (secondary N) is 1. The Morgan fingerprint density at radius 1 is 1.22 bits per heavy atom. The van der Waals surface area contributed by atoms with E-state index in [-0.39, 0.29) is 17.3 Å². The number of aryl methyl sites for hydroxylation is 1. The Kier molecular flexibility index (Phi) is 5.68. The average molecular weight is 314 g/mol. The first-order chi connectivity index (χ1) is 11.1. The fraction of sp³-hybridized carbons (Fsp3) is 0.235. The van der Waals surface area contributed by atoms with Crippen molar-refractivity contribution in [1.82, 2.24) is 0 Å². The number of ether oxygens (including phenoxy) is 1. The minimum Gasteiger partial charge on any atom is -0.494 e. The maximum atomic E-state index is 12.0. The molecule has 0 bridgehead atoms. The van der Waals surface area contributed by atoms with E-state index >= 15 is 0 Å². The van der Waals surface area contributed by atoms with E-state index in [0.717, 1.165) is 12.8 Å². The fourth-order valence-electron chi connectivity index (χ4n) is 2.21. The maximum absolute atomic E-state index is 12.0. The van der Waals surface area contributed by atoms with Gasteiger partial charge in [-0.2, -0.15) is 0 Å². The molecule has 120 valence electrons. The Labute approximate surface area is 134 Å². The number of anilines is 1. The maximum Gasteiger partial charge on any atom is 0.273 e. The van der Waals surface area contributed by atoms with Gasteiger partial charge in [0.1, 0.15) is 5.75 Å². The van der Waals surface area contributed by atoms with E-state index in [1.807, 2.05) is 30.3 Å². The fourth-order valence-corrected chi connectivity index (χ4v) is 2.21. The quantitative estimate of drug-likeness (QED) is 0.625. The number of benzene rings is 2. The molecule has 0 aromatic heterocycles. The molecule has 0 radical (unpaired) electrons. The lowest BCUT2D eigenvalue weighted by atomic mass is 10.1. The molecule has 6 heteroatoms. The Balaban J connectivity index is 1.91. The highest BCUT2D eigenvalue weighted by Gasteiger charge is 2.13. The van der Waals surface area contributed by atoms with Gasteiger partial charge in [0, 0.05) is 12.5 Å². The number of carbonyl (C=O) groups is 1. The minimum atomic E-state index is -0.506. The second-order valence-electron chi connectivity index (χ2n) is 5.03. The van der Waals surface area contributed by atoms with E-state index in [1.165, 1.54) is 30.9 Å². The van der Waals surface area contributed by atoms with E-state index < -0.39 is 4.92 Å². The second kappa shape index (κ2) is 7.93. The van der Waals surface area contributed by atoms with Crippen molar-refractivity contribution in [3.63, 3.8) is 0 Å². The van der Waals surface area contributed by atoms with Gasteiger partial charge in [-0.3, -0.25) is 14.9 Å². The van der Waals surface area contributed by atoms with Gasteiger partial charge < -0.3 is 10.1 Å². The van der Waals surface area contributed by atoms with Crippen molar-refractivity contribution in [2.24, 2.45) is 0 Å². The molecule has 6 nitrogen and oxygen atoms in total. The molecule has 0 heterocycles. The summed E-state index contributed by atoms with van der Waals surface area (Å²) in [6.45, 7) is 0. The van der Waals surface area contributed by atoms with Crippen LogP contribution in [0.5, 0.6) is 5.75 Å². The van der Waals surface area contributed by atoms with Gasteiger partial charge in [0.25, 0.3) is 5.69 Å². The van der Waals surface area contributed by atoms with E-state index in [9.17, 15) is 14.9 Å². The highest BCUT2D eigenvalue weighted by molar-refractivity contribution is 5.92. The van der Waals surface area contributed by atoms with Gasteiger partial charge in [0.05, 0.1) is 23.8 Å².